The lowest BCUT2D eigenvalue weighted by molar-refractivity contribution is 0.0892. The molecule has 1 heterocycles. The van der Waals surface area contributed by atoms with Gasteiger partial charge in [0.05, 0.1) is 31.8 Å². The van der Waals surface area contributed by atoms with Gasteiger partial charge in [-0.2, -0.15) is 0 Å². The molecule has 1 aliphatic rings. The minimum Gasteiger partial charge on any atom is -0.494 e. The summed E-state index contributed by atoms with van der Waals surface area (Å²) in [5, 5.41) is 4.17. The summed E-state index contributed by atoms with van der Waals surface area (Å²) in [6.45, 7) is 6.91. The maximum Gasteiger partial charge on any atom is 0.263 e. The fourth-order valence-corrected chi connectivity index (χ4v) is 4.94. The van der Waals surface area contributed by atoms with E-state index in [1.807, 2.05) is 31.2 Å². The SMILES string of the molecule is CCOc1ccc(-n2cc(C(=O)N[C@@H]3CCC[C@H](C)[C@@H]3C)c3cc(OC)c(OC)cc3c2=O)cc1. The first-order valence-electron chi connectivity index (χ1n) is 12.2. The standard InChI is InChI=1S/C28H34N2O5/c1-6-35-20-12-10-19(11-13-20)30-16-23(27(31)29-24-9-7-8-17(2)18(24)3)21-14-25(33-4)26(34-5)15-22(21)28(30)32/h10-18,24H,6-9H2,1-5H3,(H,29,31)/t17-,18-,24+/m0/s1. The third-order valence-corrected chi connectivity index (χ3v) is 7.22. The van der Waals surface area contributed by atoms with E-state index in [9.17, 15) is 9.59 Å². The average Bonchev–Trinajstić information content (AvgIpc) is 2.87. The molecule has 4 rings (SSSR count). The van der Waals surface area contributed by atoms with Crippen molar-refractivity contribution in [1.29, 1.82) is 0 Å². The second-order valence-corrected chi connectivity index (χ2v) is 9.24. The van der Waals surface area contributed by atoms with E-state index < -0.39 is 0 Å². The van der Waals surface area contributed by atoms with Gasteiger partial charge in [-0.3, -0.25) is 14.2 Å². The summed E-state index contributed by atoms with van der Waals surface area (Å²) in [5.74, 6) is 2.34. The molecule has 7 heteroatoms. The maximum atomic E-state index is 13.6. The first kappa shape index (κ1) is 24.6. The van der Waals surface area contributed by atoms with Gasteiger partial charge in [0.25, 0.3) is 11.5 Å². The molecule has 3 atom stereocenters. The van der Waals surface area contributed by atoms with Crippen LogP contribution in [0.2, 0.25) is 0 Å². The Morgan fingerprint density at radius 1 is 1.03 bits per heavy atom. The summed E-state index contributed by atoms with van der Waals surface area (Å²) in [4.78, 5) is 27.2. The zero-order chi connectivity index (χ0) is 25.1. The topological polar surface area (TPSA) is 78.8 Å². The first-order chi connectivity index (χ1) is 16.9. The van der Waals surface area contributed by atoms with E-state index in [4.69, 9.17) is 14.2 Å². The number of ether oxygens (including phenoxy) is 3. The molecular formula is C28H34N2O5. The summed E-state index contributed by atoms with van der Waals surface area (Å²) in [7, 11) is 3.06. The highest BCUT2D eigenvalue weighted by atomic mass is 16.5. The van der Waals surface area contributed by atoms with E-state index in [1.165, 1.54) is 25.2 Å². The summed E-state index contributed by atoms with van der Waals surface area (Å²) < 4.78 is 18.0. The predicted octanol–water partition coefficient (Wildman–Crippen LogP) is 4.96. The first-order valence-corrected chi connectivity index (χ1v) is 12.2. The lowest BCUT2D eigenvalue weighted by Gasteiger charge is -2.34. The molecule has 186 valence electrons. The largest absolute Gasteiger partial charge is 0.494 e. The van der Waals surface area contributed by atoms with Crippen molar-refractivity contribution in [1.82, 2.24) is 9.88 Å². The van der Waals surface area contributed by atoms with E-state index in [0.29, 0.717) is 52.0 Å². The predicted molar refractivity (Wildman–Crippen MR) is 137 cm³/mol. The molecule has 1 amide bonds. The Bertz CT molecular complexity index is 1270. The van der Waals surface area contributed by atoms with Gasteiger partial charge in [0.15, 0.2) is 11.5 Å². The van der Waals surface area contributed by atoms with Crippen LogP contribution in [0.15, 0.2) is 47.4 Å². The molecule has 2 aromatic carbocycles. The fraction of sp³-hybridized carbons (Fsp3) is 0.429. The van der Waals surface area contributed by atoms with Crippen molar-refractivity contribution in [3.05, 3.63) is 58.5 Å². The van der Waals surface area contributed by atoms with Gasteiger partial charge in [0, 0.05) is 23.3 Å². The van der Waals surface area contributed by atoms with E-state index >= 15 is 0 Å². The van der Waals surface area contributed by atoms with E-state index in [2.05, 4.69) is 19.2 Å². The number of benzene rings is 2. The van der Waals surface area contributed by atoms with Gasteiger partial charge in [0.2, 0.25) is 0 Å². The molecule has 35 heavy (non-hydrogen) atoms. The highest BCUT2D eigenvalue weighted by Gasteiger charge is 2.29. The molecular weight excluding hydrogens is 444 g/mol. The molecule has 1 aromatic heterocycles. The number of pyridine rings is 1. The number of rotatable bonds is 7. The number of carbonyl (C=O) groups excluding carboxylic acids is 1. The highest BCUT2D eigenvalue weighted by Crippen LogP contribution is 2.34. The Hall–Kier alpha value is -3.48. The molecule has 1 fully saturated rings. The van der Waals surface area contributed by atoms with Crippen LogP contribution in [0.5, 0.6) is 17.2 Å². The minimum absolute atomic E-state index is 0.0901. The molecule has 0 spiro atoms. The normalized spacial score (nSPS) is 19.9. The van der Waals surface area contributed by atoms with Crippen LogP contribution in [-0.2, 0) is 0 Å². The minimum atomic E-state index is -0.249. The van der Waals surface area contributed by atoms with Gasteiger partial charge in [-0.05, 0) is 61.6 Å². The van der Waals surface area contributed by atoms with Gasteiger partial charge >= 0.3 is 0 Å². The quantitative estimate of drug-likeness (QED) is 0.519. The second kappa shape index (κ2) is 10.4. The smallest absolute Gasteiger partial charge is 0.263 e. The van der Waals surface area contributed by atoms with Gasteiger partial charge < -0.3 is 19.5 Å². The van der Waals surface area contributed by atoms with Crippen LogP contribution in [0.3, 0.4) is 0 Å². The lowest BCUT2D eigenvalue weighted by Crippen LogP contribution is -2.44. The molecule has 0 saturated heterocycles. The lowest BCUT2D eigenvalue weighted by atomic mass is 9.78. The zero-order valence-electron chi connectivity index (χ0n) is 21.1. The molecule has 1 saturated carbocycles. The molecule has 0 aliphatic heterocycles. The average molecular weight is 479 g/mol. The number of amides is 1. The summed E-state index contributed by atoms with van der Waals surface area (Å²) >= 11 is 0. The van der Waals surface area contributed by atoms with Crippen molar-refractivity contribution in [2.24, 2.45) is 11.8 Å². The number of nitrogens with zero attached hydrogens (tertiary/aromatic N) is 1. The van der Waals surface area contributed by atoms with Crippen LogP contribution in [0, 0.1) is 11.8 Å². The molecule has 0 radical (unpaired) electrons. The monoisotopic (exact) mass is 478 g/mol. The van der Waals surface area contributed by atoms with Gasteiger partial charge in [-0.25, -0.2) is 0 Å². The Kier molecular flexibility index (Phi) is 7.34. The Morgan fingerprint density at radius 2 is 1.69 bits per heavy atom. The van der Waals surface area contributed by atoms with Crippen LogP contribution in [0.1, 0.15) is 50.4 Å². The van der Waals surface area contributed by atoms with Crippen LogP contribution in [0.4, 0.5) is 0 Å². The summed E-state index contributed by atoms with van der Waals surface area (Å²) in [6.07, 6.45) is 4.84. The van der Waals surface area contributed by atoms with E-state index in [1.54, 1.807) is 18.3 Å². The van der Waals surface area contributed by atoms with Crippen molar-refractivity contribution < 1.29 is 19.0 Å². The molecule has 3 aromatic rings. The van der Waals surface area contributed by atoms with Crippen LogP contribution < -0.4 is 25.1 Å². The Labute approximate surface area is 206 Å². The van der Waals surface area contributed by atoms with Gasteiger partial charge in [0.1, 0.15) is 5.75 Å². The van der Waals surface area contributed by atoms with E-state index in [0.717, 1.165) is 18.6 Å². The Balaban J connectivity index is 1.86. The fourth-order valence-electron chi connectivity index (χ4n) is 4.94. The highest BCUT2D eigenvalue weighted by molar-refractivity contribution is 6.07. The summed E-state index contributed by atoms with van der Waals surface area (Å²) in [5.41, 5.74) is 0.810. The number of hydrogen-bond donors (Lipinski definition) is 1. The summed E-state index contributed by atoms with van der Waals surface area (Å²) in [6, 6.07) is 10.7. The zero-order valence-corrected chi connectivity index (χ0v) is 21.1. The van der Waals surface area contributed by atoms with Crippen molar-refractivity contribution in [3.8, 4) is 22.9 Å². The molecule has 1 aliphatic carbocycles. The number of methoxy groups -OCH3 is 2. The van der Waals surface area contributed by atoms with Crippen LogP contribution >= 0.6 is 0 Å². The number of carbonyl (C=O) groups is 1. The molecule has 1 N–H and O–H groups in total. The molecule has 0 bridgehead atoms. The second-order valence-electron chi connectivity index (χ2n) is 9.24. The number of aromatic nitrogens is 1. The number of nitrogens with one attached hydrogen (secondary N) is 1. The third kappa shape index (κ3) is 4.85. The van der Waals surface area contributed by atoms with Crippen molar-refractivity contribution in [3.63, 3.8) is 0 Å². The third-order valence-electron chi connectivity index (χ3n) is 7.22. The van der Waals surface area contributed by atoms with Crippen molar-refractivity contribution in [2.45, 2.75) is 46.1 Å². The van der Waals surface area contributed by atoms with Crippen molar-refractivity contribution in [2.75, 3.05) is 20.8 Å². The van der Waals surface area contributed by atoms with Gasteiger partial charge in [-0.15, -0.1) is 0 Å². The van der Waals surface area contributed by atoms with E-state index in [-0.39, 0.29) is 17.5 Å². The van der Waals surface area contributed by atoms with Crippen LogP contribution in [0.25, 0.3) is 16.5 Å². The van der Waals surface area contributed by atoms with Gasteiger partial charge in [-0.1, -0.05) is 26.7 Å². The maximum absolute atomic E-state index is 13.6. The Morgan fingerprint density at radius 3 is 2.31 bits per heavy atom. The molecule has 7 nitrogen and oxygen atoms in total. The molecule has 0 unspecified atom stereocenters. The number of fused-ring (bicyclic) bond motifs is 1. The van der Waals surface area contributed by atoms with Crippen molar-refractivity contribution >= 4 is 16.7 Å². The van der Waals surface area contributed by atoms with Crippen LogP contribution in [-0.4, -0.2) is 37.3 Å². The number of hydrogen-bond acceptors (Lipinski definition) is 5.